The molecule has 0 aliphatic carbocycles. The maximum absolute atomic E-state index is 5.19. The highest BCUT2D eigenvalue weighted by atomic mass is 15.3. The number of rotatable bonds is 1. The molecule has 11 heavy (non-hydrogen) atoms. The van der Waals surface area contributed by atoms with Gasteiger partial charge in [0.2, 0.25) is 0 Å². The van der Waals surface area contributed by atoms with E-state index in [1.807, 2.05) is 19.3 Å². The van der Waals surface area contributed by atoms with Gasteiger partial charge in [-0.05, 0) is 6.07 Å². The topological polar surface area (TPSA) is 68.2 Å². The number of aromatic nitrogens is 2. The van der Waals surface area contributed by atoms with E-state index in [9.17, 15) is 0 Å². The summed E-state index contributed by atoms with van der Waals surface area (Å²) < 4.78 is 1.69. The Bertz CT molecular complexity index is 262. The molecule has 5 heteroatoms. The van der Waals surface area contributed by atoms with Gasteiger partial charge in [0.1, 0.15) is 5.69 Å². The second-order valence-electron chi connectivity index (χ2n) is 2.09. The second-order valence-corrected chi connectivity index (χ2v) is 2.09. The van der Waals surface area contributed by atoms with Crippen LogP contribution < -0.4 is 11.3 Å². The van der Waals surface area contributed by atoms with E-state index in [2.05, 4.69) is 15.5 Å². The summed E-state index contributed by atoms with van der Waals surface area (Å²) in [6.07, 6.45) is 1.83. The predicted molar refractivity (Wildman–Crippen MR) is 43.0 cm³/mol. The molecule has 1 aromatic heterocycles. The minimum absolute atomic E-state index is 0.589. The Hall–Kier alpha value is -1.36. The van der Waals surface area contributed by atoms with Crippen molar-refractivity contribution in [2.24, 2.45) is 17.9 Å². The lowest BCUT2D eigenvalue weighted by Gasteiger charge is -1.98. The average Bonchev–Trinajstić information content (AvgIpc) is 2.39. The molecule has 0 radical (unpaired) electrons. The molecule has 1 heterocycles. The molecule has 1 aromatic rings. The van der Waals surface area contributed by atoms with Crippen molar-refractivity contribution in [1.29, 1.82) is 0 Å². The molecule has 0 bridgehead atoms. The van der Waals surface area contributed by atoms with Crippen molar-refractivity contribution in [3.63, 3.8) is 0 Å². The van der Waals surface area contributed by atoms with E-state index >= 15 is 0 Å². The number of hydrogen-bond acceptors (Lipinski definition) is 3. The Labute approximate surface area is 64.9 Å². The lowest BCUT2D eigenvalue weighted by Crippen LogP contribution is -2.31. The normalized spacial score (nSPS) is 11.7. The van der Waals surface area contributed by atoms with E-state index in [1.165, 1.54) is 0 Å². The molecule has 0 aliphatic rings. The molecule has 0 aliphatic heterocycles. The molecule has 3 N–H and O–H groups in total. The van der Waals surface area contributed by atoms with Crippen LogP contribution in [0.5, 0.6) is 0 Å². The highest BCUT2D eigenvalue weighted by Crippen LogP contribution is 1.93. The van der Waals surface area contributed by atoms with Crippen molar-refractivity contribution < 1.29 is 0 Å². The zero-order chi connectivity index (χ0) is 8.27. The predicted octanol–water partition coefficient (Wildman–Crippen LogP) is -0.740. The molecule has 0 fully saturated rings. The number of amidine groups is 1. The van der Waals surface area contributed by atoms with Crippen LogP contribution in [0.1, 0.15) is 5.69 Å². The van der Waals surface area contributed by atoms with Gasteiger partial charge < -0.3 is 5.43 Å². The second kappa shape index (κ2) is 3.16. The molecule has 0 atom stereocenters. The smallest absolute Gasteiger partial charge is 0.163 e. The largest absolute Gasteiger partial charge is 0.307 e. The maximum Gasteiger partial charge on any atom is 0.163 e. The van der Waals surface area contributed by atoms with E-state index in [0.717, 1.165) is 5.69 Å². The maximum atomic E-state index is 5.19. The summed E-state index contributed by atoms with van der Waals surface area (Å²) in [5.41, 5.74) is 3.20. The van der Waals surface area contributed by atoms with Gasteiger partial charge in [-0.2, -0.15) is 5.10 Å². The third kappa shape index (κ3) is 1.56. The molecular formula is C6H11N5. The van der Waals surface area contributed by atoms with Crippen molar-refractivity contribution in [2.75, 3.05) is 7.05 Å². The fraction of sp³-hybridized carbons (Fsp3) is 0.333. The van der Waals surface area contributed by atoms with Gasteiger partial charge in [0, 0.05) is 20.3 Å². The summed E-state index contributed by atoms with van der Waals surface area (Å²) >= 11 is 0. The lowest BCUT2D eigenvalue weighted by atomic mass is 10.4. The molecule has 0 aromatic carbocycles. The van der Waals surface area contributed by atoms with Gasteiger partial charge in [-0.25, -0.2) is 5.84 Å². The number of nitrogens with zero attached hydrogens (tertiary/aromatic N) is 3. The molecule has 0 spiro atoms. The molecule has 0 unspecified atom stereocenters. The Morgan fingerprint density at radius 2 is 2.55 bits per heavy atom. The molecule has 0 amide bonds. The SMILES string of the molecule is CN=C(NN)c1ccn(C)n1. The number of aryl methyl sites for hydroxylation is 1. The van der Waals surface area contributed by atoms with Crippen LogP contribution in [0.4, 0.5) is 0 Å². The average molecular weight is 153 g/mol. The first-order valence-corrected chi connectivity index (χ1v) is 3.21. The van der Waals surface area contributed by atoms with Gasteiger partial charge in [-0.1, -0.05) is 0 Å². The van der Waals surface area contributed by atoms with Crippen LogP contribution in [-0.2, 0) is 7.05 Å². The summed E-state index contributed by atoms with van der Waals surface area (Å²) in [5.74, 6) is 5.78. The first-order valence-electron chi connectivity index (χ1n) is 3.21. The highest BCUT2D eigenvalue weighted by molar-refractivity contribution is 5.96. The van der Waals surface area contributed by atoms with Crippen molar-refractivity contribution in [3.8, 4) is 0 Å². The third-order valence-electron chi connectivity index (χ3n) is 1.32. The van der Waals surface area contributed by atoms with Crippen LogP contribution in [0.2, 0.25) is 0 Å². The van der Waals surface area contributed by atoms with Gasteiger partial charge in [-0.15, -0.1) is 0 Å². The minimum atomic E-state index is 0.589. The standard InChI is InChI=1S/C6H11N5/c1-8-6(9-7)5-3-4-11(2)10-5/h3-4H,7H2,1-2H3,(H,8,9). The number of nitrogens with two attached hydrogens (primary N) is 1. The summed E-state index contributed by atoms with van der Waals surface area (Å²) in [5, 5.41) is 4.10. The van der Waals surface area contributed by atoms with E-state index in [1.54, 1.807) is 11.7 Å². The molecule has 1 rings (SSSR count). The highest BCUT2D eigenvalue weighted by Gasteiger charge is 2.01. The van der Waals surface area contributed by atoms with Gasteiger partial charge in [0.25, 0.3) is 0 Å². The van der Waals surface area contributed by atoms with Crippen LogP contribution in [0.25, 0.3) is 0 Å². The van der Waals surface area contributed by atoms with Crippen LogP contribution in [0, 0.1) is 0 Å². The van der Waals surface area contributed by atoms with E-state index in [-0.39, 0.29) is 0 Å². The Kier molecular flexibility index (Phi) is 2.22. The van der Waals surface area contributed by atoms with Gasteiger partial charge in [-0.3, -0.25) is 9.67 Å². The Balaban J connectivity index is 2.91. The Morgan fingerprint density at radius 1 is 1.82 bits per heavy atom. The molecule has 0 saturated heterocycles. The fourth-order valence-electron chi connectivity index (χ4n) is 0.794. The van der Waals surface area contributed by atoms with Gasteiger partial charge in [0.05, 0.1) is 0 Å². The monoisotopic (exact) mass is 153 g/mol. The van der Waals surface area contributed by atoms with Gasteiger partial charge in [0.15, 0.2) is 5.84 Å². The summed E-state index contributed by atoms with van der Waals surface area (Å²) in [7, 11) is 3.50. The first kappa shape index (κ1) is 7.74. The number of aliphatic imine (C=N–C) groups is 1. The molecular weight excluding hydrogens is 142 g/mol. The Morgan fingerprint density at radius 3 is 2.91 bits per heavy atom. The molecule has 5 nitrogen and oxygen atoms in total. The summed E-state index contributed by atoms with van der Waals surface area (Å²) in [4.78, 5) is 3.89. The van der Waals surface area contributed by atoms with E-state index in [4.69, 9.17) is 5.84 Å². The van der Waals surface area contributed by atoms with Crippen molar-refractivity contribution in [2.45, 2.75) is 0 Å². The van der Waals surface area contributed by atoms with E-state index < -0.39 is 0 Å². The van der Waals surface area contributed by atoms with Crippen LogP contribution >= 0.6 is 0 Å². The lowest BCUT2D eigenvalue weighted by molar-refractivity contribution is 0.762. The van der Waals surface area contributed by atoms with Crippen molar-refractivity contribution >= 4 is 5.84 Å². The zero-order valence-corrected chi connectivity index (χ0v) is 6.57. The van der Waals surface area contributed by atoms with Crippen LogP contribution in [-0.4, -0.2) is 22.7 Å². The molecule has 0 saturated carbocycles. The van der Waals surface area contributed by atoms with Crippen molar-refractivity contribution in [3.05, 3.63) is 18.0 Å². The molecule has 60 valence electrons. The first-order chi connectivity index (χ1) is 5.27. The van der Waals surface area contributed by atoms with Crippen molar-refractivity contribution in [1.82, 2.24) is 15.2 Å². The zero-order valence-electron chi connectivity index (χ0n) is 6.57. The summed E-state index contributed by atoms with van der Waals surface area (Å²) in [6.45, 7) is 0. The third-order valence-corrected chi connectivity index (χ3v) is 1.32. The number of nitrogens with one attached hydrogen (secondary N) is 1. The van der Waals surface area contributed by atoms with E-state index in [0.29, 0.717) is 5.84 Å². The van der Waals surface area contributed by atoms with Gasteiger partial charge >= 0.3 is 0 Å². The fourth-order valence-corrected chi connectivity index (χ4v) is 0.794. The van der Waals surface area contributed by atoms with Crippen LogP contribution in [0.15, 0.2) is 17.3 Å². The number of hydrogen-bond donors (Lipinski definition) is 2. The van der Waals surface area contributed by atoms with Crippen LogP contribution in [0.3, 0.4) is 0 Å². The quantitative estimate of drug-likeness (QED) is 0.242. The number of hydrazine groups is 1. The minimum Gasteiger partial charge on any atom is -0.307 e. The summed E-state index contributed by atoms with van der Waals surface area (Å²) in [6, 6.07) is 1.84.